The fraction of sp³-hybridized carbons (Fsp3) is 0.440. The Balaban J connectivity index is 1.54. The van der Waals surface area contributed by atoms with Crippen molar-refractivity contribution in [1.82, 2.24) is 0 Å². The zero-order valence-electron chi connectivity index (χ0n) is 18.5. The Morgan fingerprint density at radius 3 is 2.50 bits per heavy atom. The van der Waals surface area contributed by atoms with Crippen molar-refractivity contribution >= 4 is 11.9 Å². The molecule has 0 aromatic carbocycles. The van der Waals surface area contributed by atoms with E-state index >= 15 is 0 Å². The van der Waals surface area contributed by atoms with Crippen molar-refractivity contribution in [1.29, 1.82) is 0 Å². The summed E-state index contributed by atoms with van der Waals surface area (Å²) in [4.78, 5) is 23.7. The average Bonchev–Trinajstić information content (AvgIpc) is 3.15. The maximum Gasteiger partial charge on any atom is 0.339 e. The van der Waals surface area contributed by atoms with Gasteiger partial charge in [-0.3, -0.25) is 0 Å². The van der Waals surface area contributed by atoms with E-state index in [0.29, 0.717) is 49.0 Å². The molecule has 3 unspecified atom stereocenters. The lowest BCUT2D eigenvalue weighted by Gasteiger charge is -2.26. The van der Waals surface area contributed by atoms with Crippen LogP contribution in [0.3, 0.4) is 0 Å². The molecule has 1 heterocycles. The Bertz CT molecular complexity index is 903. The van der Waals surface area contributed by atoms with E-state index in [0.717, 1.165) is 17.8 Å². The van der Waals surface area contributed by atoms with Crippen molar-refractivity contribution < 1.29 is 33.6 Å². The standard InChI is InChI=1S/C25H30O7/c1-4-21(22-15-16(2)24(27)32-22)30-19-12-8-18(9-13-19)25(28)31-20-10-5-17(6-11-20)7-14-23(26)29-3/h5,7-8,10,12,14,21-22,24,27H,2,4,6,9,11,13,15H2,1,3H3/b14-7+. The SMILES string of the molecule is C=C1CC(C(CC)OC2=CC=C(C(=O)OC3=CC=C(/C=C/C(=O)OC)CC3)CC2)OC1O. The van der Waals surface area contributed by atoms with Crippen LogP contribution in [-0.4, -0.2) is 42.7 Å². The minimum atomic E-state index is -0.928. The van der Waals surface area contributed by atoms with Gasteiger partial charge in [-0.25, -0.2) is 9.59 Å². The molecule has 3 atom stereocenters. The third kappa shape index (κ3) is 6.31. The van der Waals surface area contributed by atoms with Crippen LogP contribution >= 0.6 is 0 Å². The molecule has 1 fully saturated rings. The summed E-state index contributed by atoms with van der Waals surface area (Å²) in [6, 6.07) is 0. The smallest absolute Gasteiger partial charge is 0.339 e. The number of aliphatic hydroxyl groups is 1. The maximum atomic E-state index is 12.5. The summed E-state index contributed by atoms with van der Waals surface area (Å²) in [7, 11) is 1.33. The van der Waals surface area contributed by atoms with Gasteiger partial charge in [-0.1, -0.05) is 25.7 Å². The number of rotatable bonds is 8. The summed E-state index contributed by atoms with van der Waals surface area (Å²) in [6.07, 6.45) is 12.5. The average molecular weight is 443 g/mol. The largest absolute Gasteiger partial charge is 0.492 e. The van der Waals surface area contributed by atoms with Crippen LogP contribution in [0.4, 0.5) is 0 Å². The van der Waals surface area contributed by atoms with E-state index in [1.54, 1.807) is 24.3 Å². The van der Waals surface area contributed by atoms with Crippen LogP contribution in [0.15, 0.2) is 71.3 Å². The number of methoxy groups -OCH3 is 1. The van der Waals surface area contributed by atoms with Crippen molar-refractivity contribution in [3.63, 3.8) is 0 Å². The fourth-order valence-electron chi connectivity index (χ4n) is 3.68. The van der Waals surface area contributed by atoms with E-state index in [2.05, 4.69) is 11.3 Å². The van der Waals surface area contributed by atoms with Gasteiger partial charge in [0.05, 0.1) is 12.9 Å². The van der Waals surface area contributed by atoms with Crippen LogP contribution in [-0.2, 0) is 28.5 Å². The second-order valence-corrected chi connectivity index (χ2v) is 7.90. The molecule has 0 spiro atoms. The lowest BCUT2D eigenvalue weighted by molar-refractivity contribution is -0.136. The first-order chi connectivity index (χ1) is 15.4. The highest BCUT2D eigenvalue weighted by atomic mass is 16.6. The van der Waals surface area contributed by atoms with Crippen molar-refractivity contribution in [3.8, 4) is 0 Å². The van der Waals surface area contributed by atoms with E-state index in [1.165, 1.54) is 13.2 Å². The van der Waals surface area contributed by atoms with Gasteiger partial charge in [0.2, 0.25) is 0 Å². The topological polar surface area (TPSA) is 91.3 Å². The molecule has 0 amide bonds. The van der Waals surface area contributed by atoms with Crippen molar-refractivity contribution in [2.45, 2.75) is 63.9 Å². The lowest BCUT2D eigenvalue weighted by Crippen LogP contribution is -2.29. The van der Waals surface area contributed by atoms with Crippen LogP contribution in [0.25, 0.3) is 0 Å². The molecular formula is C25H30O7. The molecule has 172 valence electrons. The summed E-state index contributed by atoms with van der Waals surface area (Å²) < 4.78 is 21.7. The molecule has 32 heavy (non-hydrogen) atoms. The Labute approximate surface area is 188 Å². The summed E-state index contributed by atoms with van der Waals surface area (Å²) in [6.45, 7) is 5.82. The van der Waals surface area contributed by atoms with Gasteiger partial charge < -0.3 is 24.1 Å². The van der Waals surface area contributed by atoms with Gasteiger partial charge in [0.25, 0.3) is 0 Å². The molecule has 2 aliphatic carbocycles. The molecule has 3 aliphatic rings. The zero-order chi connectivity index (χ0) is 23.1. The number of hydrogen-bond donors (Lipinski definition) is 1. The van der Waals surface area contributed by atoms with Crippen LogP contribution in [0, 0.1) is 0 Å². The van der Waals surface area contributed by atoms with Gasteiger partial charge in [-0.15, -0.1) is 0 Å². The molecule has 3 rings (SSSR count). The molecule has 1 aliphatic heterocycles. The summed E-state index contributed by atoms with van der Waals surface area (Å²) in [5, 5.41) is 9.74. The molecule has 7 nitrogen and oxygen atoms in total. The first-order valence-corrected chi connectivity index (χ1v) is 10.8. The molecule has 0 bridgehead atoms. The lowest BCUT2D eigenvalue weighted by atomic mass is 10.0. The van der Waals surface area contributed by atoms with Crippen molar-refractivity contribution in [3.05, 3.63) is 71.3 Å². The Hall–Kier alpha value is -2.90. The predicted octanol–water partition coefficient (Wildman–Crippen LogP) is 3.93. The maximum absolute atomic E-state index is 12.5. The number of hydrogen-bond acceptors (Lipinski definition) is 7. The highest BCUT2D eigenvalue weighted by Crippen LogP contribution is 2.31. The summed E-state index contributed by atoms with van der Waals surface area (Å²) in [5.74, 6) is 0.613. The monoisotopic (exact) mass is 442 g/mol. The first-order valence-electron chi connectivity index (χ1n) is 10.8. The first kappa shape index (κ1) is 23.8. The van der Waals surface area contributed by atoms with Gasteiger partial charge in [0.1, 0.15) is 18.0 Å². The van der Waals surface area contributed by atoms with E-state index in [4.69, 9.17) is 14.2 Å². The van der Waals surface area contributed by atoms with Gasteiger partial charge in [0.15, 0.2) is 6.29 Å². The Morgan fingerprint density at radius 1 is 1.19 bits per heavy atom. The van der Waals surface area contributed by atoms with E-state index in [9.17, 15) is 14.7 Å². The molecule has 0 saturated carbocycles. The van der Waals surface area contributed by atoms with Gasteiger partial charge in [0, 0.05) is 30.9 Å². The van der Waals surface area contributed by atoms with Crippen LogP contribution < -0.4 is 0 Å². The number of ether oxygens (including phenoxy) is 4. The quantitative estimate of drug-likeness (QED) is 0.346. The third-order valence-corrected chi connectivity index (χ3v) is 5.61. The van der Waals surface area contributed by atoms with Crippen LogP contribution in [0.1, 0.15) is 45.4 Å². The van der Waals surface area contributed by atoms with Gasteiger partial charge in [-0.2, -0.15) is 0 Å². The molecular weight excluding hydrogens is 412 g/mol. The second kappa shape index (κ2) is 11.1. The number of allylic oxidation sites excluding steroid dienone is 8. The molecule has 1 saturated heterocycles. The molecule has 0 radical (unpaired) electrons. The highest BCUT2D eigenvalue weighted by Gasteiger charge is 2.34. The highest BCUT2D eigenvalue weighted by molar-refractivity contribution is 5.90. The van der Waals surface area contributed by atoms with Crippen LogP contribution in [0.2, 0.25) is 0 Å². The van der Waals surface area contributed by atoms with Crippen molar-refractivity contribution in [2.24, 2.45) is 0 Å². The fourth-order valence-corrected chi connectivity index (χ4v) is 3.68. The van der Waals surface area contributed by atoms with E-state index < -0.39 is 12.3 Å². The van der Waals surface area contributed by atoms with E-state index in [-0.39, 0.29) is 18.2 Å². The number of carbonyl (C=O) groups is 2. The minimum absolute atomic E-state index is 0.182. The summed E-state index contributed by atoms with van der Waals surface area (Å²) >= 11 is 0. The Kier molecular flexibility index (Phi) is 8.25. The normalized spacial score (nSPS) is 24.3. The minimum Gasteiger partial charge on any atom is -0.492 e. The van der Waals surface area contributed by atoms with E-state index in [1.807, 2.05) is 13.0 Å². The second-order valence-electron chi connectivity index (χ2n) is 7.90. The molecule has 0 aromatic rings. The number of carbonyl (C=O) groups excluding carboxylic acids is 2. The van der Waals surface area contributed by atoms with Gasteiger partial charge in [-0.05, 0) is 48.6 Å². The predicted molar refractivity (Wildman–Crippen MR) is 118 cm³/mol. The Morgan fingerprint density at radius 2 is 1.94 bits per heavy atom. The van der Waals surface area contributed by atoms with Crippen molar-refractivity contribution in [2.75, 3.05) is 7.11 Å². The number of aliphatic hydroxyl groups excluding tert-OH is 1. The molecule has 1 N–H and O–H groups in total. The van der Waals surface area contributed by atoms with Crippen LogP contribution in [0.5, 0.6) is 0 Å². The molecule has 0 aromatic heterocycles. The zero-order valence-corrected chi connectivity index (χ0v) is 18.5. The molecule has 7 heteroatoms. The third-order valence-electron chi connectivity index (χ3n) is 5.61. The van der Waals surface area contributed by atoms with Gasteiger partial charge >= 0.3 is 11.9 Å². The summed E-state index contributed by atoms with van der Waals surface area (Å²) in [5.41, 5.74) is 2.22. The number of esters is 2.